The van der Waals surface area contributed by atoms with E-state index in [0.29, 0.717) is 6.61 Å². The Hall–Kier alpha value is -1.44. The van der Waals surface area contributed by atoms with E-state index in [0.717, 1.165) is 28.9 Å². The second-order valence-corrected chi connectivity index (χ2v) is 3.34. The first-order valence-electron chi connectivity index (χ1n) is 4.33. The molecule has 0 atom stereocenters. The summed E-state index contributed by atoms with van der Waals surface area (Å²) in [5.41, 5.74) is 2.98. The molecule has 0 unspecified atom stereocenters. The van der Waals surface area contributed by atoms with Gasteiger partial charge in [0.2, 0.25) is 0 Å². The van der Waals surface area contributed by atoms with Gasteiger partial charge in [0.25, 0.3) is 0 Å². The summed E-state index contributed by atoms with van der Waals surface area (Å²) in [6.45, 7) is 6.50. The first-order valence-corrected chi connectivity index (χ1v) is 4.33. The molecule has 2 heteroatoms. The Morgan fingerprint density at radius 1 is 1.46 bits per heavy atom. The molecule has 2 nitrogen and oxygen atoms in total. The molecular formula is C11H12O2. The lowest BCUT2D eigenvalue weighted by Gasteiger charge is -2.20. The van der Waals surface area contributed by atoms with Crippen molar-refractivity contribution in [1.82, 2.24) is 0 Å². The van der Waals surface area contributed by atoms with E-state index in [1.54, 1.807) is 6.07 Å². The zero-order valence-corrected chi connectivity index (χ0v) is 7.63. The van der Waals surface area contributed by atoms with Crippen molar-refractivity contribution in [2.45, 2.75) is 13.3 Å². The van der Waals surface area contributed by atoms with Crippen LogP contribution in [0, 0.1) is 6.92 Å². The molecule has 0 aliphatic carbocycles. The van der Waals surface area contributed by atoms with Crippen molar-refractivity contribution in [2.75, 3.05) is 6.61 Å². The molecule has 68 valence electrons. The predicted octanol–water partition coefficient (Wildman–Crippen LogP) is 2.50. The highest BCUT2D eigenvalue weighted by atomic mass is 16.5. The summed E-state index contributed by atoms with van der Waals surface area (Å²) >= 11 is 0. The number of aryl methyl sites for hydroxylation is 1. The van der Waals surface area contributed by atoms with Gasteiger partial charge in [0.05, 0.1) is 6.61 Å². The summed E-state index contributed by atoms with van der Waals surface area (Å²) < 4.78 is 5.41. The summed E-state index contributed by atoms with van der Waals surface area (Å²) in [5, 5.41) is 9.45. The number of rotatable bonds is 0. The van der Waals surface area contributed by atoms with Crippen LogP contribution in [-0.4, -0.2) is 11.7 Å². The molecule has 0 spiro atoms. The standard InChI is InChI=1S/C11H12O2/c1-7-3-4-13-11-6-10(12)8(2)5-9(7)11/h5-6,12H,1,3-4H2,2H3. The minimum absolute atomic E-state index is 0.286. The van der Waals surface area contributed by atoms with E-state index in [1.807, 2.05) is 13.0 Å². The van der Waals surface area contributed by atoms with Crippen LogP contribution in [0.4, 0.5) is 0 Å². The molecule has 2 rings (SSSR count). The molecule has 0 saturated heterocycles. The maximum Gasteiger partial charge on any atom is 0.130 e. The second kappa shape index (κ2) is 2.80. The van der Waals surface area contributed by atoms with Gasteiger partial charge in [-0.2, -0.15) is 0 Å². The fraction of sp³-hybridized carbons (Fsp3) is 0.273. The highest BCUT2D eigenvalue weighted by Crippen LogP contribution is 2.36. The number of benzene rings is 1. The second-order valence-electron chi connectivity index (χ2n) is 3.34. The van der Waals surface area contributed by atoms with Crippen LogP contribution in [0.5, 0.6) is 11.5 Å². The lowest BCUT2D eigenvalue weighted by Crippen LogP contribution is -2.07. The molecule has 0 bridgehead atoms. The monoisotopic (exact) mass is 176 g/mol. The van der Waals surface area contributed by atoms with Gasteiger partial charge < -0.3 is 9.84 Å². The van der Waals surface area contributed by atoms with E-state index in [4.69, 9.17) is 4.74 Å². The number of hydrogen-bond acceptors (Lipinski definition) is 2. The number of hydrogen-bond donors (Lipinski definition) is 1. The molecule has 0 fully saturated rings. The summed E-state index contributed by atoms with van der Waals surface area (Å²) in [6.07, 6.45) is 0.872. The van der Waals surface area contributed by atoms with Crippen LogP contribution in [0.2, 0.25) is 0 Å². The van der Waals surface area contributed by atoms with Crippen molar-refractivity contribution in [3.8, 4) is 11.5 Å². The largest absolute Gasteiger partial charge is 0.508 e. The minimum atomic E-state index is 0.286. The Morgan fingerprint density at radius 2 is 2.23 bits per heavy atom. The van der Waals surface area contributed by atoms with Gasteiger partial charge in [-0.3, -0.25) is 0 Å². The fourth-order valence-electron chi connectivity index (χ4n) is 1.49. The molecule has 1 N–H and O–H groups in total. The smallest absolute Gasteiger partial charge is 0.130 e. The Kier molecular flexibility index (Phi) is 1.76. The van der Waals surface area contributed by atoms with E-state index in [-0.39, 0.29) is 5.75 Å². The third-order valence-corrected chi connectivity index (χ3v) is 2.34. The molecule has 1 heterocycles. The van der Waals surface area contributed by atoms with Crippen molar-refractivity contribution in [1.29, 1.82) is 0 Å². The Bertz CT molecular complexity index is 367. The summed E-state index contributed by atoms with van der Waals surface area (Å²) in [6, 6.07) is 3.58. The van der Waals surface area contributed by atoms with Crippen LogP contribution >= 0.6 is 0 Å². The van der Waals surface area contributed by atoms with Crippen LogP contribution in [0.1, 0.15) is 17.5 Å². The van der Waals surface area contributed by atoms with Crippen LogP contribution in [0.15, 0.2) is 18.7 Å². The van der Waals surface area contributed by atoms with Crippen molar-refractivity contribution in [2.24, 2.45) is 0 Å². The minimum Gasteiger partial charge on any atom is -0.508 e. The van der Waals surface area contributed by atoms with Crippen LogP contribution in [0.3, 0.4) is 0 Å². The lowest BCUT2D eigenvalue weighted by atomic mass is 9.99. The van der Waals surface area contributed by atoms with E-state index >= 15 is 0 Å². The van der Waals surface area contributed by atoms with Gasteiger partial charge in [-0.1, -0.05) is 6.58 Å². The summed E-state index contributed by atoms with van der Waals surface area (Å²) in [7, 11) is 0. The number of aromatic hydroxyl groups is 1. The summed E-state index contributed by atoms with van der Waals surface area (Å²) in [5.74, 6) is 1.04. The fourth-order valence-corrected chi connectivity index (χ4v) is 1.49. The maximum atomic E-state index is 9.45. The molecule has 0 amide bonds. The molecular weight excluding hydrogens is 164 g/mol. The molecule has 1 aromatic rings. The van der Waals surface area contributed by atoms with Crippen LogP contribution in [-0.2, 0) is 0 Å². The third-order valence-electron chi connectivity index (χ3n) is 2.34. The Balaban J connectivity index is 2.58. The van der Waals surface area contributed by atoms with Gasteiger partial charge >= 0.3 is 0 Å². The molecule has 1 aromatic carbocycles. The molecule has 13 heavy (non-hydrogen) atoms. The van der Waals surface area contributed by atoms with Crippen molar-refractivity contribution in [3.63, 3.8) is 0 Å². The molecule has 1 aliphatic heterocycles. The molecule has 0 saturated carbocycles. The number of fused-ring (bicyclic) bond motifs is 1. The normalized spacial score (nSPS) is 15.0. The van der Waals surface area contributed by atoms with Gasteiger partial charge in [0, 0.05) is 18.1 Å². The molecule has 0 radical (unpaired) electrons. The lowest BCUT2D eigenvalue weighted by molar-refractivity contribution is 0.314. The van der Waals surface area contributed by atoms with Crippen molar-refractivity contribution < 1.29 is 9.84 Å². The van der Waals surface area contributed by atoms with Crippen molar-refractivity contribution in [3.05, 3.63) is 29.8 Å². The van der Waals surface area contributed by atoms with Crippen molar-refractivity contribution >= 4 is 5.57 Å². The van der Waals surface area contributed by atoms with Crippen LogP contribution < -0.4 is 4.74 Å². The predicted molar refractivity (Wildman–Crippen MR) is 52.0 cm³/mol. The van der Waals surface area contributed by atoms with Gasteiger partial charge in [0.1, 0.15) is 11.5 Å². The Morgan fingerprint density at radius 3 is 3.00 bits per heavy atom. The van der Waals surface area contributed by atoms with Gasteiger partial charge in [-0.15, -0.1) is 0 Å². The van der Waals surface area contributed by atoms with E-state index in [1.165, 1.54) is 0 Å². The zero-order valence-electron chi connectivity index (χ0n) is 7.63. The number of ether oxygens (including phenoxy) is 1. The van der Waals surface area contributed by atoms with E-state index < -0.39 is 0 Å². The third kappa shape index (κ3) is 1.28. The van der Waals surface area contributed by atoms with Gasteiger partial charge in [-0.25, -0.2) is 0 Å². The van der Waals surface area contributed by atoms with Gasteiger partial charge in [-0.05, 0) is 24.1 Å². The molecule has 0 aromatic heterocycles. The van der Waals surface area contributed by atoms with Gasteiger partial charge in [0.15, 0.2) is 0 Å². The average Bonchev–Trinajstić information content (AvgIpc) is 2.09. The maximum absolute atomic E-state index is 9.45. The average molecular weight is 176 g/mol. The summed E-state index contributed by atoms with van der Waals surface area (Å²) in [4.78, 5) is 0. The highest BCUT2D eigenvalue weighted by molar-refractivity contribution is 5.72. The van der Waals surface area contributed by atoms with Crippen LogP contribution in [0.25, 0.3) is 5.57 Å². The SMILES string of the molecule is C=C1CCOc2cc(O)c(C)cc21. The quantitative estimate of drug-likeness (QED) is 0.658. The zero-order chi connectivity index (χ0) is 9.42. The highest BCUT2D eigenvalue weighted by Gasteiger charge is 2.15. The first kappa shape index (κ1) is 8.17. The number of phenolic OH excluding ortho intramolecular Hbond substituents is 1. The van der Waals surface area contributed by atoms with E-state index in [2.05, 4.69) is 6.58 Å². The Labute approximate surface area is 77.5 Å². The molecule has 1 aliphatic rings. The van der Waals surface area contributed by atoms with E-state index in [9.17, 15) is 5.11 Å². The first-order chi connectivity index (χ1) is 6.18. The topological polar surface area (TPSA) is 29.5 Å². The number of phenols is 1.